The molecule has 1 aliphatic rings. The molecule has 2 aromatic heterocycles. The number of H-pyrrole nitrogens is 1. The Kier molecular flexibility index (Phi) is 6.28. The highest BCUT2D eigenvalue weighted by molar-refractivity contribution is 6.02. The Morgan fingerprint density at radius 2 is 1.89 bits per heavy atom. The lowest BCUT2D eigenvalue weighted by atomic mass is 9.91. The number of nitrogens with one attached hydrogen (secondary N) is 2. The first-order chi connectivity index (χ1) is 17.4. The minimum atomic E-state index is -0.443. The normalized spacial score (nSPS) is 17.6. The molecular formula is C27H26FN5O3. The molecule has 1 fully saturated rings. The van der Waals surface area contributed by atoms with Gasteiger partial charge >= 0.3 is 0 Å². The molecule has 2 heterocycles. The quantitative estimate of drug-likeness (QED) is 0.341. The maximum Gasteiger partial charge on any atom is 0.288 e. The molecule has 1 aliphatic carbocycles. The molecule has 2 aromatic carbocycles. The minimum absolute atomic E-state index is 0.0738. The molecule has 0 radical (unpaired) electrons. The van der Waals surface area contributed by atoms with Crippen molar-refractivity contribution in [2.24, 2.45) is 0 Å². The Morgan fingerprint density at radius 1 is 1.17 bits per heavy atom. The van der Waals surface area contributed by atoms with E-state index in [0.29, 0.717) is 16.7 Å². The number of anilines is 1. The number of benzene rings is 2. The van der Waals surface area contributed by atoms with Gasteiger partial charge in [0.15, 0.2) is 17.4 Å². The van der Waals surface area contributed by atoms with E-state index in [1.807, 2.05) is 22.9 Å². The number of ether oxygens (including phenoxy) is 1. The van der Waals surface area contributed by atoms with Crippen molar-refractivity contribution in [2.45, 2.75) is 37.8 Å². The SMILES string of the molecule is C=CC(=O)N[C@H]1CC[C@H](n2cc(-c3ccc(Oc4ccccc4F)cc3)c3c(N)n[nH]c(=O)c32)CC1. The van der Waals surface area contributed by atoms with Crippen LogP contribution in [0.4, 0.5) is 10.2 Å². The minimum Gasteiger partial charge on any atom is -0.454 e. The lowest BCUT2D eigenvalue weighted by molar-refractivity contribution is -0.117. The van der Waals surface area contributed by atoms with Gasteiger partial charge in [0.05, 0.1) is 5.39 Å². The maximum atomic E-state index is 14.0. The molecule has 36 heavy (non-hydrogen) atoms. The standard InChI is InChI=1S/C27H26FN5O3/c1-2-23(34)30-17-9-11-18(12-10-17)33-15-20(24-25(33)27(35)32-31-26(24)29)16-7-13-19(14-8-16)36-22-6-4-3-5-21(22)28/h2-8,13-15,17-18H,1,9-12H2,(H2,29,31)(H,30,34)(H,32,35)/t17-,18-. The van der Waals surface area contributed by atoms with Crippen molar-refractivity contribution < 1.29 is 13.9 Å². The fraction of sp³-hybridized carbons (Fsp3) is 0.222. The largest absolute Gasteiger partial charge is 0.454 e. The van der Waals surface area contributed by atoms with Crippen LogP contribution in [0.5, 0.6) is 11.5 Å². The highest BCUT2D eigenvalue weighted by Crippen LogP contribution is 2.38. The average molecular weight is 488 g/mol. The van der Waals surface area contributed by atoms with E-state index >= 15 is 0 Å². The maximum absolute atomic E-state index is 14.0. The van der Waals surface area contributed by atoms with Crippen molar-refractivity contribution in [1.82, 2.24) is 20.1 Å². The first-order valence-electron chi connectivity index (χ1n) is 11.8. The van der Waals surface area contributed by atoms with Crippen LogP contribution in [0.15, 0.2) is 72.2 Å². The Bertz CT molecular complexity index is 1480. The topological polar surface area (TPSA) is 115 Å². The highest BCUT2D eigenvalue weighted by atomic mass is 19.1. The predicted octanol–water partition coefficient (Wildman–Crippen LogP) is 4.69. The van der Waals surface area contributed by atoms with Crippen LogP contribution in [-0.4, -0.2) is 26.7 Å². The summed E-state index contributed by atoms with van der Waals surface area (Å²) in [5.74, 6) is 0.237. The molecule has 8 nitrogen and oxygen atoms in total. The second-order valence-corrected chi connectivity index (χ2v) is 8.89. The zero-order valence-electron chi connectivity index (χ0n) is 19.5. The van der Waals surface area contributed by atoms with Crippen molar-refractivity contribution >= 4 is 22.6 Å². The number of hydrogen-bond acceptors (Lipinski definition) is 5. The van der Waals surface area contributed by atoms with E-state index in [0.717, 1.165) is 36.8 Å². The molecule has 0 saturated heterocycles. The number of carbonyl (C=O) groups is 1. The summed E-state index contributed by atoms with van der Waals surface area (Å²) in [6, 6.07) is 13.5. The number of amides is 1. The molecule has 0 unspecified atom stereocenters. The van der Waals surface area contributed by atoms with E-state index < -0.39 is 5.82 Å². The summed E-state index contributed by atoms with van der Waals surface area (Å²) in [4.78, 5) is 24.5. The van der Waals surface area contributed by atoms with Gasteiger partial charge in [-0.1, -0.05) is 30.8 Å². The Hall–Kier alpha value is -4.40. The highest BCUT2D eigenvalue weighted by Gasteiger charge is 2.27. The van der Waals surface area contributed by atoms with E-state index in [1.54, 1.807) is 30.3 Å². The van der Waals surface area contributed by atoms with Gasteiger partial charge < -0.3 is 20.4 Å². The number of nitrogens with zero attached hydrogens (tertiary/aromatic N) is 2. The van der Waals surface area contributed by atoms with Crippen molar-refractivity contribution in [1.29, 1.82) is 0 Å². The summed E-state index contributed by atoms with van der Waals surface area (Å²) in [7, 11) is 0. The van der Waals surface area contributed by atoms with Crippen LogP contribution in [0.25, 0.3) is 22.0 Å². The lowest BCUT2D eigenvalue weighted by Crippen LogP contribution is -2.37. The summed E-state index contributed by atoms with van der Waals surface area (Å²) in [5.41, 5.74) is 7.99. The monoisotopic (exact) mass is 487 g/mol. The molecule has 0 bridgehead atoms. The molecule has 184 valence electrons. The number of aromatic nitrogens is 3. The smallest absolute Gasteiger partial charge is 0.288 e. The third kappa shape index (κ3) is 4.47. The number of rotatable bonds is 6. The van der Waals surface area contributed by atoms with Gasteiger partial charge in [-0.3, -0.25) is 9.59 Å². The predicted molar refractivity (Wildman–Crippen MR) is 136 cm³/mol. The van der Waals surface area contributed by atoms with Gasteiger partial charge in [0.1, 0.15) is 11.3 Å². The number of aromatic amines is 1. The van der Waals surface area contributed by atoms with E-state index in [9.17, 15) is 14.0 Å². The van der Waals surface area contributed by atoms with Gasteiger partial charge in [0, 0.05) is 23.8 Å². The Morgan fingerprint density at radius 3 is 2.58 bits per heavy atom. The molecule has 1 saturated carbocycles. The van der Waals surface area contributed by atoms with Gasteiger partial charge in [-0.15, -0.1) is 0 Å². The van der Waals surface area contributed by atoms with Crippen LogP contribution >= 0.6 is 0 Å². The van der Waals surface area contributed by atoms with Gasteiger partial charge in [-0.05, 0) is 61.6 Å². The number of halogens is 1. The second-order valence-electron chi connectivity index (χ2n) is 8.89. The third-order valence-corrected chi connectivity index (χ3v) is 6.63. The molecule has 9 heteroatoms. The van der Waals surface area contributed by atoms with Gasteiger partial charge in [-0.2, -0.15) is 5.10 Å². The number of hydrogen-bond donors (Lipinski definition) is 3. The second kappa shape index (κ2) is 9.69. The van der Waals surface area contributed by atoms with Crippen molar-refractivity contribution in [3.63, 3.8) is 0 Å². The molecular weight excluding hydrogens is 461 g/mol. The fourth-order valence-corrected chi connectivity index (χ4v) is 4.86. The number of nitrogens with two attached hydrogens (primary N) is 1. The lowest BCUT2D eigenvalue weighted by Gasteiger charge is -2.30. The molecule has 0 spiro atoms. The van der Waals surface area contributed by atoms with Gasteiger partial charge in [-0.25, -0.2) is 9.49 Å². The summed E-state index contributed by atoms with van der Waals surface area (Å²) in [6.07, 6.45) is 6.39. The van der Waals surface area contributed by atoms with Crippen LogP contribution in [0.3, 0.4) is 0 Å². The zero-order chi connectivity index (χ0) is 25.2. The van der Waals surface area contributed by atoms with E-state index in [2.05, 4.69) is 22.1 Å². The third-order valence-electron chi connectivity index (χ3n) is 6.63. The molecule has 0 atom stereocenters. The van der Waals surface area contributed by atoms with Crippen LogP contribution in [0.2, 0.25) is 0 Å². The first-order valence-corrected chi connectivity index (χ1v) is 11.8. The van der Waals surface area contributed by atoms with Crippen LogP contribution < -0.4 is 21.3 Å². The summed E-state index contributed by atoms with van der Waals surface area (Å²) in [5, 5.41) is 10.0. The molecule has 1 amide bonds. The van der Waals surface area contributed by atoms with E-state index in [4.69, 9.17) is 10.5 Å². The first kappa shape index (κ1) is 23.3. The zero-order valence-corrected chi connectivity index (χ0v) is 19.5. The number of carbonyl (C=O) groups excluding carboxylic acids is 1. The number of fused-ring (bicyclic) bond motifs is 1. The van der Waals surface area contributed by atoms with E-state index in [1.165, 1.54) is 12.1 Å². The molecule has 0 aliphatic heterocycles. The summed E-state index contributed by atoms with van der Waals surface area (Å²) in [6.45, 7) is 3.51. The Balaban J connectivity index is 1.46. The van der Waals surface area contributed by atoms with Crippen LogP contribution in [-0.2, 0) is 4.79 Å². The number of nitrogen functional groups attached to an aromatic ring is 1. The summed E-state index contributed by atoms with van der Waals surface area (Å²) >= 11 is 0. The number of para-hydroxylation sites is 1. The van der Waals surface area contributed by atoms with Crippen LogP contribution in [0.1, 0.15) is 31.7 Å². The summed E-state index contributed by atoms with van der Waals surface area (Å²) < 4.78 is 21.6. The van der Waals surface area contributed by atoms with Gasteiger partial charge in [0.2, 0.25) is 5.91 Å². The van der Waals surface area contributed by atoms with Crippen molar-refractivity contribution in [3.8, 4) is 22.6 Å². The molecule has 5 rings (SSSR count). The van der Waals surface area contributed by atoms with Crippen LogP contribution in [0, 0.1) is 5.82 Å². The van der Waals surface area contributed by atoms with E-state index in [-0.39, 0.29) is 35.1 Å². The van der Waals surface area contributed by atoms with Gasteiger partial charge in [0.25, 0.3) is 5.56 Å². The Labute approximate surface area is 206 Å². The average Bonchev–Trinajstić information content (AvgIpc) is 3.30. The fourth-order valence-electron chi connectivity index (χ4n) is 4.86. The van der Waals surface area contributed by atoms with Crippen molar-refractivity contribution in [3.05, 3.63) is 83.6 Å². The van der Waals surface area contributed by atoms with Crippen molar-refractivity contribution in [2.75, 3.05) is 5.73 Å². The molecule has 4 aromatic rings. The molecule has 4 N–H and O–H groups in total.